The fraction of sp³-hybridized carbons (Fsp3) is 0.188. The maximum atomic E-state index is 9.07. The molecular formula is C16H13Cl2NO2. The summed E-state index contributed by atoms with van der Waals surface area (Å²) in [4.78, 5) is 0. The number of hydrogen-bond donors (Lipinski definition) is 0. The number of ether oxygens (including phenoxy) is 2. The zero-order valence-electron chi connectivity index (χ0n) is 11.4. The molecule has 0 aliphatic rings. The van der Waals surface area contributed by atoms with Crippen molar-refractivity contribution in [2.24, 2.45) is 0 Å². The molecule has 0 bridgehead atoms. The molecular weight excluding hydrogens is 309 g/mol. The largest absolute Gasteiger partial charge is 0.493 e. The topological polar surface area (TPSA) is 42.2 Å². The van der Waals surface area contributed by atoms with Crippen molar-refractivity contribution in [3.63, 3.8) is 0 Å². The van der Waals surface area contributed by atoms with Crippen molar-refractivity contribution < 1.29 is 9.47 Å². The molecule has 3 nitrogen and oxygen atoms in total. The quantitative estimate of drug-likeness (QED) is 0.759. The van der Waals surface area contributed by atoms with Crippen molar-refractivity contribution in [2.45, 2.75) is 12.5 Å². The molecule has 0 spiro atoms. The number of rotatable bonds is 5. The first-order chi connectivity index (χ1) is 10.2. The summed E-state index contributed by atoms with van der Waals surface area (Å²) < 4.78 is 11.0. The first-order valence-electron chi connectivity index (χ1n) is 6.22. The Morgan fingerprint density at radius 2 is 2.00 bits per heavy atom. The van der Waals surface area contributed by atoms with Crippen molar-refractivity contribution in [2.75, 3.05) is 7.11 Å². The molecule has 0 amide bonds. The van der Waals surface area contributed by atoms with E-state index in [0.29, 0.717) is 28.0 Å². The zero-order valence-corrected chi connectivity index (χ0v) is 12.9. The summed E-state index contributed by atoms with van der Waals surface area (Å²) in [6, 6.07) is 12.9. The summed E-state index contributed by atoms with van der Waals surface area (Å²) in [5, 5.41) is 9.50. The van der Waals surface area contributed by atoms with E-state index in [0.717, 1.165) is 11.1 Å². The first-order valence-corrected chi connectivity index (χ1v) is 7.14. The number of benzene rings is 2. The SMILES string of the molecule is COc1cc(CCl)cc(Cl)c1OCc1ccccc1C#N. The number of nitrogens with zero attached hydrogens (tertiary/aromatic N) is 1. The third kappa shape index (κ3) is 3.60. The summed E-state index contributed by atoms with van der Waals surface area (Å²) in [6.07, 6.45) is 0. The molecule has 0 saturated heterocycles. The van der Waals surface area contributed by atoms with Gasteiger partial charge in [0.1, 0.15) is 6.61 Å². The Labute approximate surface area is 133 Å². The summed E-state index contributed by atoms with van der Waals surface area (Å²) in [7, 11) is 1.54. The molecule has 0 N–H and O–H groups in total. The fourth-order valence-electron chi connectivity index (χ4n) is 1.90. The van der Waals surface area contributed by atoms with Crippen LogP contribution >= 0.6 is 23.2 Å². The number of nitriles is 1. The van der Waals surface area contributed by atoms with Crippen LogP contribution in [-0.2, 0) is 12.5 Å². The molecule has 5 heteroatoms. The van der Waals surface area contributed by atoms with Crippen molar-refractivity contribution in [1.29, 1.82) is 5.26 Å². The van der Waals surface area contributed by atoms with Gasteiger partial charge in [0.25, 0.3) is 0 Å². The van der Waals surface area contributed by atoms with Gasteiger partial charge in [-0.3, -0.25) is 0 Å². The summed E-state index contributed by atoms with van der Waals surface area (Å²) in [5.74, 6) is 1.31. The zero-order chi connectivity index (χ0) is 15.2. The molecule has 0 heterocycles. The Bertz CT molecular complexity index is 680. The Balaban J connectivity index is 2.26. The second kappa shape index (κ2) is 7.21. The van der Waals surface area contributed by atoms with Crippen LogP contribution in [0.25, 0.3) is 0 Å². The van der Waals surface area contributed by atoms with Crippen LogP contribution in [0.3, 0.4) is 0 Å². The normalized spacial score (nSPS) is 10.0. The van der Waals surface area contributed by atoms with Gasteiger partial charge >= 0.3 is 0 Å². The van der Waals surface area contributed by atoms with Gasteiger partial charge < -0.3 is 9.47 Å². The molecule has 0 fully saturated rings. The predicted molar refractivity (Wildman–Crippen MR) is 83.1 cm³/mol. The van der Waals surface area contributed by atoms with E-state index in [9.17, 15) is 0 Å². The molecule has 2 aromatic carbocycles. The molecule has 2 aromatic rings. The third-order valence-electron chi connectivity index (χ3n) is 2.95. The highest BCUT2D eigenvalue weighted by molar-refractivity contribution is 6.32. The minimum atomic E-state index is 0.236. The van der Waals surface area contributed by atoms with Crippen molar-refractivity contribution in [3.05, 3.63) is 58.1 Å². The molecule has 0 aliphatic heterocycles. The molecule has 0 unspecified atom stereocenters. The number of methoxy groups -OCH3 is 1. The molecule has 0 aromatic heterocycles. The molecule has 108 valence electrons. The molecule has 0 atom stereocenters. The number of hydrogen-bond acceptors (Lipinski definition) is 3. The second-order valence-electron chi connectivity index (χ2n) is 4.30. The van der Waals surface area contributed by atoms with Crippen LogP contribution in [0.2, 0.25) is 5.02 Å². The van der Waals surface area contributed by atoms with E-state index in [2.05, 4.69) is 6.07 Å². The van der Waals surface area contributed by atoms with E-state index in [4.69, 9.17) is 37.9 Å². The van der Waals surface area contributed by atoms with E-state index >= 15 is 0 Å². The van der Waals surface area contributed by atoms with Crippen LogP contribution in [0.4, 0.5) is 0 Å². The Kier molecular flexibility index (Phi) is 5.32. The molecule has 21 heavy (non-hydrogen) atoms. The summed E-state index contributed by atoms with van der Waals surface area (Å²) in [5.41, 5.74) is 2.22. The Morgan fingerprint density at radius 3 is 2.67 bits per heavy atom. The highest BCUT2D eigenvalue weighted by Gasteiger charge is 2.13. The van der Waals surface area contributed by atoms with Gasteiger partial charge in [0.15, 0.2) is 11.5 Å². The molecule has 0 radical (unpaired) electrons. The van der Waals surface area contributed by atoms with Crippen molar-refractivity contribution in [1.82, 2.24) is 0 Å². The second-order valence-corrected chi connectivity index (χ2v) is 4.97. The maximum Gasteiger partial charge on any atom is 0.180 e. The van der Waals surface area contributed by atoms with Crippen LogP contribution < -0.4 is 9.47 Å². The van der Waals surface area contributed by atoms with Crippen molar-refractivity contribution in [3.8, 4) is 17.6 Å². The molecule has 0 saturated carbocycles. The van der Waals surface area contributed by atoms with Gasteiger partial charge in [0.05, 0.1) is 23.8 Å². The van der Waals surface area contributed by atoms with Gasteiger partial charge in [-0.2, -0.15) is 5.26 Å². The summed E-state index contributed by atoms with van der Waals surface area (Å²) >= 11 is 12.0. The highest BCUT2D eigenvalue weighted by Crippen LogP contribution is 2.37. The van der Waals surface area contributed by atoms with Crippen molar-refractivity contribution >= 4 is 23.2 Å². The lowest BCUT2D eigenvalue weighted by atomic mass is 10.1. The van der Waals surface area contributed by atoms with Gasteiger partial charge in [-0.05, 0) is 23.8 Å². The minimum absolute atomic E-state index is 0.236. The van der Waals surface area contributed by atoms with E-state index in [1.165, 1.54) is 0 Å². The average Bonchev–Trinajstić information content (AvgIpc) is 2.53. The van der Waals surface area contributed by atoms with Gasteiger partial charge in [-0.1, -0.05) is 29.8 Å². The number of alkyl halides is 1. The average molecular weight is 322 g/mol. The van der Waals surface area contributed by atoms with Crippen LogP contribution in [0.5, 0.6) is 11.5 Å². The highest BCUT2D eigenvalue weighted by atomic mass is 35.5. The fourth-order valence-corrected chi connectivity index (χ4v) is 2.34. The van der Waals surface area contributed by atoms with E-state index < -0.39 is 0 Å². The first kappa shape index (κ1) is 15.5. The Morgan fingerprint density at radius 1 is 1.24 bits per heavy atom. The van der Waals surface area contributed by atoms with Crippen LogP contribution in [0.1, 0.15) is 16.7 Å². The van der Waals surface area contributed by atoms with Gasteiger partial charge in [0.2, 0.25) is 0 Å². The van der Waals surface area contributed by atoms with Gasteiger partial charge in [-0.15, -0.1) is 11.6 Å². The third-order valence-corrected chi connectivity index (χ3v) is 3.54. The maximum absolute atomic E-state index is 9.07. The standard InChI is InChI=1S/C16H13Cl2NO2/c1-20-15-7-11(8-17)6-14(18)16(15)21-10-13-5-3-2-4-12(13)9-19/h2-7H,8,10H2,1H3. The summed E-state index contributed by atoms with van der Waals surface area (Å²) in [6.45, 7) is 0.236. The Hall–Kier alpha value is -1.89. The predicted octanol–water partition coefficient (Wildman–Crippen LogP) is 4.54. The van der Waals surface area contributed by atoms with Gasteiger partial charge in [0, 0.05) is 11.4 Å². The van der Waals surface area contributed by atoms with Crippen LogP contribution in [0.15, 0.2) is 36.4 Å². The molecule has 2 rings (SSSR count). The minimum Gasteiger partial charge on any atom is -0.493 e. The van der Waals surface area contributed by atoms with Crippen LogP contribution in [0, 0.1) is 11.3 Å². The smallest absolute Gasteiger partial charge is 0.180 e. The lowest BCUT2D eigenvalue weighted by Gasteiger charge is -2.14. The number of halogens is 2. The van der Waals surface area contributed by atoms with E-state index in [-0.39, 0.29) is 6.61 Å². The van der Waals surface area contributed by atoms with Crippen LogP contribution in [-0.4, -0.2) is 7.11 Å². The lowest BCUT2D eigenvalue weighted by molar-refractivity contribution is 0.284. The lowest BCUT2D eigenvalue weighted by Crippen LogP contribution is -2.01. The van der Waals surface area contributed by atoms with Gasteiger partial charge in [-0.25, -0.2) is 0 Å². The molecule has 0 aliphatic carbocycles. The monoisotopic (exact) mass is 321 g/mol. The van der Waals surface area contributed by atoms with E-state index in [1.807, 2.05) is 18.2 Å². The van der Waals surface area contributed by atoms with E-state index in [1.54, 1.807) is 25.3 Å².